The molecule has 4 aliphatic carbocycles. The molecule has 0 aromatic heterocycles. The first-order chi connectivity index (χ1) is 11.7. The van der Waals surface area contributed by atoms with Gasteiger partial charge in [-0.25, -0.2) is 0 Å². The first-order valence-electron chi connectivity index (χ1n) is 10.3. The van der Waals surface area contributed by atoms with Gasteiger partial charge < -0.3 is 0 Å². The summed E-state index contributed by atoms with van der Waals surface area (Å²) in [5.41, 5.74) is 0.156. The summed E-state index contributed by atoms with van der Waals surface area (Å²) in [6.07, 6.45) is 3.99. The van der Waals surface area contributed by atoms with E-state index in [1.165, 1.54) is 0 Å². The molecule has 4 saturated carbocycles. The minimum atomic E-state index is -4.01. The monoisotopic (exact) mass is 356 g/mol. The van der Waals surface area contributed by atoms with Crippen LogP contribution >= 0.6 is 0 Å². The van der Waals surface area contributed by atoms with E-state index in [4.69, 9.17) is 0 Å². The van der Waals surface area contributed by atoms with Crippen LogP contribution < -0.4 is 0 Å². The third-order valence-electron chi connectivity index (χ3n) is 8.91. The van der Waals surface area contributed by atoms with Crippen molar-refractivity contribution in [3.05, 3.63) is 0 Å². The Morgan fingerprint density at radius 1 is 0.920 bits per heavy atom. The van der Waals surface area contributed by atoms with Crippen molar-refractivity contribution in [2.45, 2.75) is 77.8 Å². The Labute approximate surface area is 149 Å². The van der Waals surface area contributed by atoms with Gasteiger partial charge in [0, 0.05) is 5.92 Å². The molecule has 4 aliphatic rings. The fourth-order valence-electron chi connectivity index (χ4n) is 7.82. The summed E-state index contributed by atoms with van der Waals surface area (Å²) in [6.45, 7) is 4.08. The zero-order chi connectivity index (χ0) is 18.0. The normalized spacial score (nSPS) is 49.9. The van der Waals surface area contributed by atoms with E-state index in [0.717, 1.165) is 44.9 Å². The van der Waals surface area contributed by atoms with Crippen LogP contribution in [0.1, 0.15) is 71.6 Å². The summed E-state index contributed by atoms with van der Waals surface area (Å²) in [5, 5.41) is 0. The highest BCUT2D eigenvalue weighted by molar-refractivity contribution is 5.79. The van der Waals surface area contributed by atoms with Crippen molar-refractivity contribution in [1.82, 2.24) is 0 Å². The van der Waals surface area contributed by atoms with Crippen molar-refractivity contribution in [1.29, 1.82) is 0 Å². The predicted molar refractivity (Wildman–Crippen MR) is 90.8 cm³/mol. The van der Waals surface area contributed by atoms with Gasteiger partial charge in [0.15, 0.2) is 0 Å². The van der Waals surface area contributed by atoms with Crippen LogP contribution in [0.25, 0.3) is 0 Å². The second-order valence-electron chi connectivity index (χ2n) is 9.77. The van der Waals surface area contributed by atoms with Gasteiger partial charge in [-0.15, -0.1) is 0 Å². The van der Waals surface area contributed by atoms with Crippen LogP contribution in [-0.2, 0) is 4.79 Å². The molecule has 0 heterocycles. The summed E-state index contributed by atoms with van der Waals surface area (Å²) in [7, 11) is 0. The number of rotatable bonds is 1. The van der Waals surface area contributed by atoms with Crippen LogP contribution in [0.15, 0.2) is 0 Å². The molecule has 142 valence electrons. The molecule has 4 rings (SSSR count). The van der Waals surface area contributed by atoms with Gasteiger partial charge in [0.1, 0.15) is 5.78 Å². The van der Waals surface area contributed by atoms with Gasteiger partial charge in [0.05, 0.1) is 5.92 Å². The van der Waals surface area contributed by atoms with Gasteiger partial charge in [-0.3, -0.25) is 4.79 Å². The van der Waals surface area contributed by atoms with Crippen molar-refractivity contribution < 1.29 is 18.0 Å². The van der Waals surface area contributed by atoms with E-state index in [2.05, 4.69) is 6.92 Å². The van der Waals surface area contributed by atoms with Crippen molar-refractivity contribution >= 4 is 5.78 Å². The summed E-state index contributed by atoms with van der Waals surface area (Å²) in [6, 6.07) is 0. The number of alkyl halides is 3. The lowest BCUT2D eigenvalue weighted by Gasteiger charge is -2.56. The zero-order valence-electron chi connectivity index (χ0n) is 15.4. The molecule has 0 radical (unpaired) electrons. The largest absolute Gasteiger partial charge is 0.391 e. The van der Waals surface area contributed by atoms with Crippen LogP contribution in [0.4, 0.5) is 13.2 Å². The quantitative estimate of drug-likeness (QED) is 0.561. The van der Waals surface area contributed by atoms with E-state index in [1.807, 2.05) is 0 Å². The van der Waals surface area contributed by atoms with Crippen molar-refractivity contribution in [3.63, 3.8) is 0 Å². The molecule has 8 unspecified atom stereocenters. The fraction of sp³-hybridized carbons (Fsp3) is 0.952. The van der Waals surface area contributed by atoms with Gasteiger partial charge in [-0.05, 0) is 99.7 Å². The molecule has 0 aromatic carbocycles. The highest BCUT2D eigenvalue weighted by Gasteiger charge is 2.58. The van der Waals surface area contributed by atoms with E-state index in [9.17, 15) is 18.0 Å². The van der Waals surface area contributed by atoms with Crippen LogP contribution in [-0.4, -0.2) is 12.0 Å². The second kappa shape index (κ2) is 5.99. The van der Waals surface area contributed by atoms with Crippen LogP contribution in [0.5, 0.6) is 0 Å². The average molecular weight is 356 g/mol. The number of ketones is 1. The summed E-state index contributed by atoms with van der Waals surface area (Å²) in [4.78, 5) is 12.1. The third kappa shape index (κ3) is 2.77. The van der Waals surface area contributed by atoms with E-state index in [-0.39, 0.29) is 17.3 Å². The van der Waals surface area contributed by atoms with Crippen LogP contribution in [0, 0.1) is 46.8 Å². The maximum absolute atomic E-state index is 13.1. The SMILES string of the molecule is CC(=O)C1CCC2C3CCC4CC(C(F)(F)F)CCC4C3CCC12C. The summed E-state index contributed by atoms with van der Waals surface area (Å²) in [5.74, 6) is 2.21. The molecule has 0 spiro atoms. The standard InChI is InChI=1S/C21H31F3O/c1-12(25)18-7-8-19-17-5-3-13-11-14(21(22,23)24)4-6-15(13)16(17)9-10-20(18,19)2/h13-19H,3-11H2,1-2H3. The molecular formula is C21H31F3O. The molecule has 8 atom stereocenters. The zero-order valence-corrected chi connectivity index (χ0v) is 15.4. The van der Waals surface area contributed by atoms with Crippen molar-refractivity contribution in [3.8, 4) is 0 Å². The molecule has 0 saturated heterocycles. The molecule has 0 aromatic rings. The van der Waals surface area contributed by atoms with Gasteiger partial charge in [-0.2, -0.15) is 13.2 Å². The van der Waals surface area contributed by atoms with Crippen molar-refractivity contribution in [2.24, 2.45) is 46.8 Å². The molecule has 1 nitrogen and oxygen atoms in total. The Kier molecular flexibility index (Phi) is 4.28. The minimum absolute atomic E-state index is 0.156. The maximum atomic E-state index is 13.1. The molecule has 0 amide bonds. The van der Waals surface area contributed by atoms with E-state index < -0.39 is 12.1 Å². The first kappa shape index (κ1) is 17.9. The Bertz CT molecular complexity index is 542. The van der Waals surface area contributed by atoms with E-state index >= 15 is 0 Å². The molecule has 4 fully saturated rings. The van der Waals surface area contributed by atoms with E-state index in [0.29, 0.717) is 42.3 Å². The average Bonchev–Trinajstić information content (AvgIpc) is 2.90. The predicted octanol–water partition coefficient (Wildman–Crippen LogP) is 6.02. The molecular weight excluding hydrogens is 325 g/mol. The Morgan fingerprint density at radius 2 is 1.64 bits per heavy atom. The molecule has 0 aliphatic heterocycles. The molecule has 0 bridgehead atoms. The van der Waals surface area contributed by atoms with E-state index in [1.54, 1.807) is 6.92 Å². The minimum Gasteiger partial charge on any atom is -0.300 e. The molecule has 25 heavy (non-hydrogen) atoms. The lowest BCUT2D eigenvalue weighted by Crippen LogP contribution is -2.49. The first-order valence-corrected chi connectivity index (χ1v) is 10.3. The second-order valence-corrected chi connectivity index (χ2v) is 9.77. The molecule has 4 heteroatoms. The highest BCUT2D eigenvalue weighted by Crippen LogP contribution is 2.64. The smallest absolute Gasteiger partial charge is 0.300 e. The summed E-state index contributed by atoms with van der Waals surface area (Å²) >= 11 is 0. The van der Waals surface area contributed by atoms with Gasteiger partial charge >= 0.3 is 6.18 Å². The molecule has 0 N–H and O–H groups in total. The number of halogens is 3. The lowest BCUT2D eigenvalue weighted by atomic mass is 9.49. The number of carbonyl (C=O) groups is 1. The van der Waals surface area contributed by atoms with Crippen LogP contribution in [0.3, 0.4) is 0 Å². The number of carbonyl (C=O) groups excluding carboxylic acids is 1. The number of fused-ring (bicyclic) bond motifs is 5. The summed E-state index contributed by atoms with van der Waals surface area (Å²) < 4.78 is 39.4. The number of hydrogen-bond donors (Lipinski definition) is 0. The van der Waals surface area contributed by atoms with Gasteiger partial charge in [0.2, 0.25) is 0 Å². The fourth-order valence-corrected chi connectivity index (χ4v) is 7.82. The highest BCUT2D eigenvalue weighted by atomic mass is 19.4. The topological polar surface area (TPSA) is 17.1 Å². The number of Topliss-reactive ketones (excluding diaryl/α,β-unsaturated/α-hetero) is 1. The Hall–Kier alpha value is -0.540. The van der Waals surface area contributed by atoms with Crippen molar-refractivity contribution in [2.75, 3.05) is 0 Å². The van der Waals surface area contributed by atoms with Crippen LogP contribution in [0.2, 0.25) is 0 Å². The third-order valence-corrected chi connectivity index (χ3v) is 8.91. The maximum Gasteiger partial charge on any atom is 0.391 e. The Morgan fingerprint density at radius 3 is 2.32 bits per heavy atom. The Balaban J connectivity index is 1.51. The number of hydrogen-bond acceptors (Lipinski definition) is 1. The van der Waals surface area contributed by atoms with Gasteiger partial charge in [-0.1, -0.05) is 6.92 Å². The van der Waals surface area contributed by atoms with Gasteiger partial charge in [0.25, 0.3) is 0 Å². The lowest BCUT2D eigenvalue weighted by molar-refractivity contribution is -0.196.